The Kier molecular flexibility index (Phi) is 3.85. The van der Waals surface area contributed by atoms with Crippen molar-refractivity contribution in [1.82, 2.24) is 9.88 Å². The zero-order valence-electron chi connectivity index (χ0n) is 11.2. The van der Waals surface area contributed by atoms with Gasteiger partial charge in [-0.3, -0.25) is 4.90 Å². The fraction of sp³-hybridized carbons (Fsp3) is 0.786. The Morgan fingerprint density at radius 1 is 1.22 bits per heavy atom. The van der Waals surface area contributed by atoms with Crippen molar-refractivity contribution in [2.75, 3.05) is 31.1 Å². The first kappa shape index (κ1) is 12.4. The molecule has 3 heterocycles. The first-order chi connectivity index (χ1) is 8.83. The summed E-state index contributed by atoms with van der Waals surface area (Å²) in [5.41, 5.74) is 0. The summed E-state index contributed by atoms with van der Waals surface area (Å²) >= 11 is 1.77. The fourth-order valence-corrected chi connectivity index (χ4v) is 4.05. The maximum absolute atomic E-state index is 4.42. The van der Waals surface area contributed by atoms with Crippen LogP contribution in [0.25, 0.3) is 0 Å². The van der Waals surface area contributed by atoms with Crippen molar-refractivity contribution in [3.8, 4) is 0 Å². The van der Waals surface area contributed by atoms with Gasteiger partial charge in [0.15, 0.2) is 5.13 Å². The lowest BCUT2D eigenvalue weighted by molar-refractivity contribution is 0.112. The molecule has 0 aliphatic carbocycles. The van der Waals surface area contributed by atoms with Gasteiger partial charge in [-0.05, 0) is 38.1 Å². The molecule has 100 valence electrons. The van der Waals surface area contributed by atoms with Crippen LogP contribution in [0.4, 0.5) is 5.13 Å². The molecule has 0 bridgehead atoms. The van der Waals surface area contributed by atoms with E-state index >= 15 is 0 Å². The van der Waals surface area contributed by atoms with Crippen molar-refractivity contribution < 1.29 is 0 Å². The fourth-order valence-electron chi connectivity index (χ4n) is 3.35. The summed E-state index contributed by atoms with van der Waals surface area (Å²) in [5.74, 6) is 0.899. The first-order valence-corrected chi connectivity index (χ1v) is 8.09. The zero-order chi connectivity index (χ0) is 12.4. The van der Waals surface area contributed by atoms with Gasteiger partial charge in [-0.2, -0.15) is 0 Å². The van der Waals surface area contributed by atoms with Crippen LogP contribution in [0, 0.1) is 5.92 Å². The molecule has 0 spiro atoms. The standard InChI is InChI=1S/C14H23N3S/c1-12-3-2-7-17(11-12)13-4-8-16(9-5-13)14-15-6-10-18-14/h6,10,12-13H,2-5,7-9,11H2,1H3/t12-/m1/s1. The lowest BCUT2D eigenvalue weighted by Gasteiger charge is -2.41. The molecule has 2 fully saturated rings. The SMILES string of the molecule is C[C@@H]1CCCN(C2CCN(c3nccs3)CC2)C1. The molecule has 1 atom stereocenters. The maximum atomic E-state index is 4.42. The van der Waals surface area contributed by atoms with Crippen LogP contribution in [0.3, 0.4) is 0 Å². The van der Waals surface area contributed by atoms with Crippen molar-refractivity contribution in [2.45, 2.75) is 38.6 Å². The molecular weight excluding hydrogens is 242 g/mol. The van der Waals surface area contributed by atoms with Crippen LogP contribution in [0.1, 0.15) is 32.6 Å². The van der Waals surface area contributed by atoms with Crippen LogP contribution in [-0.2, 0) is 0 Å². The van der Waals surface area contributed by atoms with E-state index in [-0.39, 0.29) is 0 Å². The van der Waals surface area contributed by atoms with Crippen LogP contribution in [0.15, 0.2) is 11.6 Å². The Balaban J connectivity index is 1.53. The Morgan fingerprint density at radius 3 is 2.72 bits per heavy atom. The summed E-state index contributed by atoms with van der Waals surface area (Å²) in [6.45, 7) is 7.41. The predicted molar refractivity (Wildman–Crippen MR) is 77.3 cm³/mol. The Bertz CT molecular complexity index is 357. The van der Waals surface area contributed by atoms with E-state index in [0.29, 0.717) is 0 Å². The number of hydrogen-bond donors (Lipinski definition) is 0. The normalized spacial score (nSPS) is 27.6. The highest BCUT2D eigenvalue weighted by molar-refractivity contribution is 7.13. The molecule has 1 aromatic heterocycles. The second-order valence-electron chi connectivity index (χ2n) is 5.78. The monoisotopic (exact) mass is 265 g/mol. The van der Waals surface area contributed by atoms with Crippen molar-refractivity contribution in [3.63, 3.8) is 0 Å². The molecule has 18 heavy (non-hydrogen) atoms. The molecule has 0 unspecified atom stereocenters. The summed E-state index contributed by atoms with van der Waals surface area (Å²) in [5, 5.41) is 3.29. The zero-order valence-corrected chi connectivity index (χ0v) is 12.0. The van der Waals surface area contributed by atoms with Crippen LogP contribution in [-0.4, -0.2) is 42.1 Å². The highest BCUT2D eigenvalue weighted by atomic mass is 32.1. The van der Waals surface area contributed by atoms with E-state index in [9.17, 15) is 0 Å². The number of aromatic nitrogens is 1. The number of rotatable bonds is 2. The second kappa shape index (κ2) is 5.57. The lowest BCUT2D eigenvalue weighted by Crippen LogP contribution is -2.48. The third kappa shape index (κ3) is 2.69. The Morgan fingerprint density at radius 2 is 2.06 bits per heavy atom. The molecule has 2 aliphatic heterocycles. The van der Waals surface area contributed by atoms with E-state index < -0.39 is 0 Å². The predicted octanol–water partition coefficient (Wildman–Crippen LogP) is 2.84. The summed E-state index contributed by atoms with van der Waals surface area (Å²) in [6, 6.07) is 0.823. The minimum absolute atomic E-state index is 0.823. The van der Waals surface area contributed by atoms with Gasteiger partial charge < -0.3 is 4.90 Å². The average molecular weight is 265 g/mol. The summed E-state index contributed by atoms with van der Waals surface area (Å²) in [7, 11) is 0. The van der Waals surface area contributed by atoms with Gasteiger partial charge in [0.1, 0.15) is 0 Å². The number of nitrogens with zero attached hydrogens (tertiary/aromatic N) is 3. The van der Waals surface area contributed by atoms with Crippen molar-refractivity contribution >= 4 is 16.5 Å². The molecule has 3 rings (SSSR count). The van der Waals surface area contributed by atoms with Crippen LogP contribution in [0.2, 0.25) is 0 Å². The largest absolute Gasteiger partial charge is 0.348 e. The van der Waals surface area contributed by atoms with E-state index in [2.05, 4.69) is 27.1 Å². The van der Waals surface area contributed by atoms with Crippen LogP contribution >= 0.6 is 11.3 Å². The van der Waals surface area contributed by atoms with Crippen LogP contribution in [0.5, 0.6) is 0 Å². The number of thiazole rings is 1. The lowest BCUT2D eigenvalue weighted by atomic mass is 9.95. The van der Waals surface area contributed by atoms with Crippen LogP contribution < -0.4 is 4.90 Å². The highest BCUT2D eigenvalue weighted by Crippen LogP contribution is 2.26. The number of likely N-dealkylation sites (tertiary alicyclic amines) is 1. The molecule has 4 heteroatoms. The number of anilines is 1. The first-order valence-electron chi connectivity index (χ1n) is 7.21. The average Bonchev–Trinajstić information content (AvgIpc) is 2.93. The maximum Gasteiger partial charge on any atom is 0.185 e. The molecule has 1 aromatic rings. The van der Waals surface area contributed by atoms with Gasteiger partial charge in [0.2, 0.25) is 0 Å². The second-order valence-corrected chi connectivity index (χ2v) is 6.65. The van der Waals surface area contributed by atoms with Gasteiger partial charge in [0.25, 0.3) is 0 Å². The number of hydrogen-bond acceptors (Lipinski definition) is 4. The van der Waals surface area contributed by atoms with Crippen molar-refractivity contribution in [3.05, 3.63) is 11.6 Å². The summed E-state index contributed by atoms with van der Waals surface area (Å²) < 4.78 is 0. The molecule has 3 nitrogen and oxygen atoms in total. The molecule has 2 aliphatic rings. The van der Waals surface area contributed by atoms with E-state index in [1.807, 2.05) is 6.20 Å². The molecule has 0 aromatic carbocycles. The van der Waals surface area contributed by atoms with E-state index in [1.165, 1.54) is 57.0 Å². The summed E-state index contributed by atoms with van der Waals surface area (Å²) in [6.07, 6.45) is 7.36. The Labute approximate surface area is 114 Å². The quantitative estimate of drug-likeness (QED) is 0.819. The smallest absolute Gasteiger partial charge is 0.185 e. The molecule has 0 saturated carbocycles. The molecule has 0 amide bonds. The minimum Gasteiger partial charge on any atom is -0.348 e. The van der Waals surface area contributed by atoms with Crippen molar-refractivity contribution in [2.24, 2.45) is 5.92 Å². The molecule has 0 radical (unpaired) electrons. The van der Waals surface area contributed by atoms with Gasteiger partial charge in [-0.1, -0.05) is 6.92 Å². The van der Waals surface area contributed by atoms with Crippen molar-refractivity contribution in [1.29, 1.82) is 0 Å². The number of piperidine rings is 2. The van der Waals surface area contributed by atoms with E-state index in [1.54, 1.807) is 11.3 Å². The highest BCUT2D eigenvalue weighted by Gasteiger charge is 2.27. The Hall–Kier alpha value is -0.610. The minimum atomic E-state index is 0.823. The molecular formula is C14H23N3S. The van der Waals surface area contributed by atoms with Gasteiger partial charge in [-0.25, -0.2) is 4.98 Å². The summed E-state index contributed by atoms with van der Waals surface area (Å²) in [4.78, 5) is 9.62. The topological polar surface area (TPSA) is 19.4 Å². The van der Waals surface area contributed by atoms with E-state index in [4.69, 9.17) is 0 Å². The van der Waals surface area contributed by atoms with E-state index in [0.717, 1.165) is 12.0 Å². The van der Waals surface area contributed by atoms with Gasteiger partial charge >= 0.3 is 0 Å². The van der Waals surface area contributed by atoms with Gasteiger partial charge in [-0.15, -0.1) is 11.3 Å². The third-order valence-electron chi connectivity index (χ3n) is 4.36. The molecule has 0 N–H and O–H groups in total. The van der Waals surface area contributed by atoms with Gasteiger partial charge in [0.05, 0.1) is 0 Å². The molecule has 2 saturated heterocycles. The van der Waals surface area contributed by atoms with Gasteiger partial charge in [0, 0.05) is 37.3 Å². The third-order valence-corrected chi connectivity index (χ3v) is 5.19.